The smallest absolute Gasteiger partial charge is 0.322 e. The number of hydrogen-bond acceptors (Lipinski definition) is 7. The Bertz CT molecular complexity index is 992. The van der Waals surface area contributed by atoms with Crippen LogP contribution < -0.4 is 21.7 Å². The molecule has 35 heavy (non-hydrogen) atoms. The topological polar surface area (TPSA) is 200 Å². The number of amides is 3. The minimum absolute atomic E-state index is 0.0234. The summed E-state index contributed by atoms with van der Waals surface area (Å²) in [7, 11) is 0. The van der Waals surface area contributed by atoms with Gasteiger partial charge in [0.1, 0.15) is 24.4 Å². The SMILES string of the molecule is CC(C)CC(NC(=O)C(Cc1cnc[nH]1)NC(=O)C(N)Cc1ccc(O)cc1)C(=O)NCC(=O)O. The number of aliphatic carboxylic acids is 1. The Hall–Kier alpha value is -3.93. The van der Waals surface area contributed by atoms with Crippen LogP contribution in [0.25, 0.3) is 0 Å². The van der Waals surface area contributed by atoms with Crippen LogP contribution in [0.5, 0.6) is 5.75 Å². The first-order valence-electron chi connectivity index (χ1n) is 11.2. The lowest BCUT2D eigenvalue weighted by Gasteiger charge is -2.24. The number of phenolic OH excluding ortho intramolecular Hbond substituents is 1. The number of hydrogen-bond donors (Lipinski definition) is 7. The molecular weight excluding hydrogens is 456 g/mol. The van der Waals surface area contributed by atoms with Gasteiger partial charge in [0.25, 0.3) is 0 Å². The van der Waals surface area contributed by atoms with Crippen molar-refractivity contribution in [2.45, 2.75) is 51.2 Å². The average Bonchev–Trinajstić information content (AvgIpc) is 3.30. The second-order valence-corrected chi connectivity index (χ2v) is 8.62. The van der Waals surface area contributed by atoms with Gasteiger partial charge in [0.05, 0.1) is 12.4 Å². The lowest BCUT2D eigenvalue weighted by atomic mass is 10.0. The normalized spacial score (nSPS) is 13.5. The summed E-state index contributed by atoms with van der Waals surface area (Å²) in [6.07, 6.45) is 3.45. The highest BCUT2D eigenvalue weighted by atomic mass is 16.4. The second-order valence-electron chi connectivity index (χ2n) is 8.62. The van der Waals surface area contributed by atoms with Gasteiger partial charge >= 0.3 is 5.97 Å². The number of rotatable bonds is 13. The molecule has 0 aliphatic carbocycles. The number of nitrogens with zero attached hydrogens (tertiary/aromatic N) is 1. The molecule has 3 unspecified atom stereocenters. The number of aromatic amines is 1. The van der Waals surface area contributed by atoms with Crippen LogP contribution in [0, 0.1) is 5.92 Å². The first-order valence-corrected chi connectivity index (χ1v) is 11.2. The molecule has 1 aromatic heterocycles. The molecule has 0 radical (unpaired) electrons. The van der Waals surface area contributed by atoms with Gasteiger partial charge in [-0.2, -0.15) is 0 Å². The molecule has 0 aliphatic rings. The molecule has 12 nitrogen and oxygen atoms in total. The van der Waals surface area contributed by atoms with Crippen LogP contribution >= 0.6 is 0 Å². The number of nitrogens with one attached hydrogen (secondary N) is 4. The largest absolute Gasteiger partial charge is 0.508 e. The van der Waals surface area contributed by atoms with Crippen molar-refractivity contribution in [1.82, 2.24) is 25.9 Å². The van der Waals surface area contributed by atoms with E-state index in [9.17, 15) is 24.3 Å². The maximum absolute atomic E-state index is 13.1. The minimum atomic E-state index is -1.21. The monoisotopic (exact) mass is 488 g/mol. The van der Waals surface area contributed by atoms with Gasteiger partial charge in [-0.3, -0.25) is 19.2 Å². The van der Waals surface area contributed by atoms with Crippen molar-refractivity contribution in [2.24, 2.45) is 11.7 Å². The fourth-order valence-electron chi connectivity index (χ4n) is 3.34. The van der Waals surface area contributed by atoms with E-state index in [1.807, 2.05) is 13.8 Å². The maximum atomic E-state index is 13.1. The van der Waals surface area contributed by atoms with Gasteiger partial charge in [0.2, 0.25) is 17.7 Å². The van der Waals surface area contributed by atoms with Crippen LogP contribution in [-0.4, -0.2) is 68.5 Å². The molecular formula is C23H32N6O6. The van der Waals surface area contributed by atoms with Crippen LogP contribution in [0.3, 0.4) is 0 Å². The summed E-state index contributed by atoms with van der Waals surface area (Å²) in [6.45, 7) is 3.13. The van der Waals surface area contributed by atoms with Crippen molar-refractivity contribution in [3.8, 4) is 5.75 Å². The number of carboxylic acids is 1. The molecule has 1 heterocycles. The molecule has 0 fully saturated rings. The van der Waals surface area contributed by atoms with Crippen LogP contribution in [0.4, 0.5) is 0 Å². The van der Waals surface area contributed by atoms with E-state index in [-0.39, 0.29) is 30.9 Å². The highest BCUT2D eigenvalue weighted by Gasteiger charge is 2.29. The molecule has 0 bridgehead atoms. The number of carbonyl (C=O) groups is 4. The zero-order valence-electron chi connectivity index (χ0n) is 19.7. The zero-order valence-corrected chi connectivity index (χ0v) is 19.7. The van der Waals surface area contributed by atoms with E-state index in [0.29, 0.717) is 5.69 Å². The first kappa shape index (κ1) is 27.3. The molecule has 2 aromatic rings. The summed E-state index contributed by atoms with van der Waals surface area (Å²) < 4.78 is 0. The average molecular weight is 489 g/mol. The van der Waals surface area contributed by atoms with Gasteiger partial charge < -0.3 is 36.9 Å². The number of H-pyrrole nitrogens is 1. The lowest BCUT2D eigenvalue weighted by Crippen LogP contribution is -2.57. The predicted molar refractivity (Wildman–Crippen MR) is 126 cm³/mol. The quantitative estimate of drug-likeness (QED) is 0.194. The predicted octanol–water partition coefficient (Wildman–Crippen LogP) is -0.556. The number of carbonyl (C=O) groups excluding carboxylic acids is 3. The Morgan fingerprint density at radius 1 is 1.00 bits per heavy atom. The first-order chi connectivity index (χ1) is 16.5. The Morgan fingerprint density at radius 2 is 1.66 bits per heavy atom. The standard InChI is InChI=1S/C23H32N6O6/c1-13(2)7-18(22(34)26-11-20(31)32)29-23(35)19(9-15-10-25-12-27-15)28-21(33)17(24)8-14-3-5-16(30)6-4-14/h3-6,10,12-13,17-19,30H,7-9,11,24H2,1-2H3,(H,25,27)(H,26,34)(H,28,33)(H,29,35)(H,31,32). The molecule has 1 aromatic carbocycles. The van der Waals surface area contributed by atoms with Gasteiger partial charge in [0, 0.05) is 18.3 Å². The Kier molecular flexibility index (Phi) is 10.2. The van der Waals surface area contributed by atoms with E-state index in [1.165, 1.54) is 24.7 Å². The Balaban J connectivity index is 2.12. The highest BCUT2D eigenvalue weighted by molar-refractivity contribution is 5.93. The number of imidazole rings is 1. The van der Waals surface area contributed by atoms with E-state index in [1.54, 1.807) is 12.1 Å². The summed E-state index contributed by atoms with van der Waals surface area (Å²) in [5, 5.41) is 25.8. The summed E-state index contributed by atoms with van der Waals surface area (Å²) in [6, 6.07) is 3.22. The third-order valence-electron chi connectivity index (χ3n) is 5.09. The van der Waals surface area contributed by atoms with Crippen LogP contribution in [0.2, 0.25) is 0 Å². The van der Waals surface area contributed by atoms with Crippen molar-refractivity contribution in [3.05, 3.63) is 48.0 Å². The number of benzene rings is 1. The molecule has 3 atom stereocenters. The highest BCUT2D eigenvalue weighted by Crippen LogP contribution is 2.11. The Labute approximate surface area is 202 Å². The molecule has 2 rings (SSSR count). The Morgan fingerprint density at radius 3 is 2.23 bits per heavy atom. The molecule has 12 heteroatoms. The maximum Gasteiger partial charge on any atom is 0.322 e. The van der Waals surface area contributed by atoms with Gasteiger partial charge in [-0.25, -0.2) is 4.98 Å². The molecule has 190 valence electrons. The second kappa shape index (κ2) is 13.1. The molecule has 0 saturated carbocycles. The van der Waals surface area contributed by atoms with Crippen LogP contribution in [0.15, 0.2) is 36.8 Å². The van der Waals surface area contributed by atoms with E-state index < -0.39 is 48.4 Å². The minimum Gasteiger partial charge on any atom is -0.508 e. The van der Waals surface area contributed by atoms with E-state index in [2.05, 4.69) is 25.9 Å². The fraction of sp³-hybridized carbons (Fsp3) is 0.435. The number of carboxylic acid groups (broad SMARTS) is 1. The number of aromatic nitrogens is 2. The summed E-state index contributed by atoms with van der Waals surface area (Å²) in [5.74, 6) is -2.93. The van der Waals surface area contributed by atoms with Crippen molar-refractivity contribution in [1.29, 1.82) is 0 Å². The molecule has 0 aliphatic heterocycles. The van der Waals surface area contributed by atoms with Crippen molar-refractivity contribution < 1.29 is 29.4 Å². The molecule has 8 N–H and O–H groups in total. The van der Waals surface area contributed by atoms with Crippen molar-refractivity contribution >= 4 is 23.7 Å². The van der Waals surface area contributed by atoms with Crippen molar-refractivity contribution in [2.75, 3.05) is 6.54 Å². The van der Waals surface area contributed by atoms with Gasteiger partial charge in [-0.05, 0) is 36.5 Å². The van der Waals surface area contributed by atoms with E-state index >= 15 is 0 Å². The number of phenols is 1. The van der Waals surface area contributed by atoms with Gasteiger partial charge in [0.15, 0.2) is 0 Å². The summed E-state index contributed by atoms with van der Waals surface area (Å²) >= 11 is 0. The number of nitrogens with two attached hydrogens (primary N) is 1. The van der Waals surface area contributed by atoms with Gasteiger partial charge in [-0.1, -0.05) is 26.0 Å². The van der Waals surface area contributed by atoms with Gasteiger partial charge in [-0.15, -0.1) is 0 Å². The lowest BCUT2D eigenvalue weighted by molar-refractivity contribution is -0.138. The molecule has 0 spiro atoms. The zero-order chi connectivity index (χ0) is 26.0. The van der Waals surface area contributed by atoms with E-state index in [0.717, 1.165) is 5.56 Å². The third-order valence-corrected chi connectivity index (χ3v) is 5.09. The fourth-order valence-corrected chi connectivity index (χ4v) is 3.34. The molecule has 0 saturated heterocycles. The van der Waals surface area contributed by atoms with Crippen LogP contribution in [0.1, 0.15) is 31.5 Å². The molecule has 3 amide bonds. The van der Waals surface area contributed by atoms with Crippen LogP contribution in [-0.2, 0) is 32.0 Å². The number of aromatic hydroxyl groups is 1. The third kappa shape index (κ3) is 9.45. The summed E-state index contributed by atoms with van der Waals surface area (Å²) in [4.78, 5) is 56.0. The van der Waals surface area contributed by atoms with E-state index in [4.69, 9.17) is 10.8 Å². The summed E-state index contributed by atoms with van der Waals surface area (Å²) in [5.41, 5.74) is 7.35. The van der Waals surface area contributed by atoms with Crippen molar-refractivity contribution in [3.63, 3.8) is 0 Å².